The highest BCUT2D eigenvalue weighted by Gasteiger charge is 2.26. The van der Waals surface area contributed by atoms with E-state index in [0.717, 1.165) is 24.1 Å². The van der Waals surface area contributed by atoms with Gasteiger partial charge in [-0.3, -0.25) is 4.90 Å². The monoisotopic (exact) mass is 360 g/mol. The van der Waals surface area contributed by atoms with Gasteiger partial charge in [0.1, 0.15) is 0 Å². The fourth-order valence-electron chi connectivity index (χ4n) is 2.42. The summed E-state index contributed by atoms with van der Waals surface area (Å²) in [6.45, 7) is 5.57. The Balaban J connectivity index is 1.91. The van der Waals surface area contributed by atoms with Crippen molar-refractivity contribution in [3.63, 3.8) is 0 Å². The second-order valence-electron chi connectivity index (χ2n) is 5.08. The first-order valence-electron chi connectivity index (χ1n) is 6.96. The molecule has 20 heavy (non-hydrogen) atoms. The van der Waals surface area contributed by atoms with Crippen LogP contribution in [0.15, 0.2) is 28.7 Å². The van der Waals surface area contributed by atoms with Crippen molar-refractivity contribution in [3.05, 3.63) is 34.3 Å². The molecule has 1 aliphatic rings. The fourth-order valence-corrected chi connectivity index (χ4v) is 4.32. The van der Waals surface area contributed by atoms with Gasteiger partial charge in [0.25, 0.3) is 0 Å². The third-order valence-corrected chi connectivity index (χ3v) is 6.39. The van der Waals surface area contributed by atoms with Gasteiger partial charge in [0.2, 0.25) is 10.0 Å². The average Bonchev–Trinajstić information content (AvgIpc) is 2.42. The summed E-state index contributed by atoms with van der Waals surface area (Å²) in [6.07, 6.45) is 0.680. The van der Waals surface area contributed by atoms with E-state index in [1.165, 1.54) is 5.56 Å². The summed E-state index contributed by atoms with van der Waals surface area (Å²) in [5.74, 6) is 0.261. The van der Waals surface area contributed by atoms with E-state index in [4.69, 9.17) is 0 Å². The predicted molar refractivity (Wildman–Crippen MR) is 85.1 cm³/mol. The molecular weight excluding hydrogens is 340 g/mol. The van der Waals surface area contributed by atoms with Crippen LogP contribution >= 0.6 is 15.9 Å². The van der Waals surface area contributed by atoms with Crippen molar-refractivity contribution >= 4 is 26.0 Å². The van der Waals surface area contributed by atoms with E-state index in [2.05, 4.69) is 26.9 Å². The molecule has 0 aromatic heterocycles. The van der Waals surface area contributed by atoms with Gasteiger partial charge in [-0.1, -0.05) is 41.1 Å². The lowest BCUT2D eigenvalue weighted by atomic mass is 10.2. The third-order valence-electron chi connectivity index (χ3n) is 3.54. The summed E-state index contributed by atoms with van der Waals surface area (Å²) in [6, 6.07) is 8.17. The van der Waals surface area contributed by atoms with Crippen LogP contribution in [0.2, 0.25) is 0 Å². The van der Waals surface area contributed by atoms with Gasteiger partial charge in [0.05, 0.1) is 5.75 Å². The number of sulfonamides is 1. The predicted octanol–water partition coefficient (Wildman–Crippen LogP) is 2.31. The van der Waals surface area contributed by atoms with Crippen molar-refractivity contribution in [1.82, 2.24) is 9.21 Å². The van der Waals surface area contributed by atoms with Crippen LogP contribution in [0, 0.1) is 0 Å². The normalized spacial score (nSPS) is 18.3. The molecule has 0 bridgehead atoms. The zero-order valence-corrected chi connectivity index (χ0v) is 14.2. The Morgan fingerprint density at radius 1 is 1.15 bits per heavy atom. The van der Waals surface area contributed by atoms with Crippen LogP contribution in [-0.2, 0) is 16.6 Å². The van der Waals surface area contributed by atoms with E-state index >= 15 is 0 Å². The Kier molecular flexibility index (Phi) is 5.60. The van der Waals surface area contributed by atoms with Crippen LogP contribution in [0.4, 0.5) is 0 Å². The Hall–Kier alpha value is -0.430. The molecule has 4 nitrogen and oxygen atoms in total. The van der Waals surface area contributed by atoms with Gasteiger partial charge in [-0.25, -0.2) is 8.42 Å². The Bertz CT molecular complexity index is 540. The molecule has 2 rings (SSSR count). The van der Waals surface area contributed by atoms with Crippen molar-refractivity contribution in [3.8, 4) is 0 Å². The smallest absolute Gasteiger partial charge is 0.214 e. The molecule has 1 aromatic carbocycles. The molecule has 1 fully saturated rings. The lowest BCUT2D eigenvalue weighted by Gasteiger charge is -2.34. The van der Waals surface area contributed by atoms with E-state index < -0.39 is 10.0 Å². The SMILES string of the molecule is CCCS(=O)(=O)N1CCN(Cc2ccccc2Br)CC1. The zero-order chi connectivity index (χ0) is 14.6. The molecule has 1 saturated heterocycles. The third kappa shape index (κ3) is 4.04. The minimum atomic E-state index is -3.04. The molecule has 0 spiro atoms. The number of halogens is 1. The van der Waals surface area contributed by atoms with Crippen molar-refractivity contribution in [2.75, 3.05) is 31.9 Å². The van der Waals surface area contributed by atoms with Crippen LogP contribution in [0.1, 0.15) is 18.9 Å². The second-order valence-corrected chi connectivity index (χ2v) is 8.03. The molecule has 0 unspecified atom stereocenters. The van der Waals surface area contributed by atoms with Crippen LogP contribution in [0.5, 0.6) is 0 Å². The molecule has 6 heteroatoms. The number of piperazine rings is 1. The largest absolute Gasteiger partial charge is 0.296 e. The summed E-state index contributed by atoms with van der Waals surface area (Å²) in [5.41, 5.74) is 1.25. The molecule has 1 aliphatic heterocycles. The highest BCUT2D eigenvalue weighted by Crippen LogP contribution is 2.19. The van der Waals surface area contributed by atoms with Crippen LogP contribution in [-0.4, -0.2) is 49.6 Å². The van der Waals surface area contributed by atoms with Crippen LogP contribution in [0.25, 0.3) is 0 Å². The van der Waals surface area contributed by atoms with Crippen LogP contribution < -0.4 is 0 Å². The lowest BCUT2D eigenvalue weighted by Crippen LogP contribution is -2.48. The molecule has 0 aliphatic carbocycles. The van der Waals surface area contributed by atoms with E-state index in [1.54, 1.807) is 4.31 Å². The van der Waals surface area contributed by atoms with Gasteiger partial charge in [-0.2, -0.15) is 4.31 Å². The zero-order valence-electron chi connectivity index (χ0n) is 11.8. The topological polar surface area (TPSA) is 40.6 Å². The number of benzene rings is 1. The number of hydrogen-bond acceptors (Lipinski definition) is 3. The van der Waals surface area contributed by atoms with Gasteiger partial charge in [0.15, 0.2) is 0 Å². The molecule has 0 radical (unpaired) electrons. The van der Waals surface area contributed by atoms with E-state index in [0.29, 0.717) is 19.5 Å². The highest BCUT2D eigenvalue weighted by atomic mass is 79.9. The molecular formula is C14H21BrN2O2S. The lowest BCUT2D eigenvalue weighted by molar-refractivity contribution is 0.181. The van der Waals surface area contributed by atoms with Gasteiger partial charge >= 0.3 is 0 Å². The first kappa shape index (κ1) is 15.9. The molecule has 0 saturated carbocycles. The van der Waals surface area contributed by atoms with E-state index in [1.807, 2.05) is 25.1 Å². The maximum atomic E-state index is 12.0. The summed E-state index contributed by atoms with van der Waals surface area (Å²) in [7, 11) is -3.04. The van der Waals surface area contributed by atoms with Gasteiger partial charge in [-0.05, 0) is 18.1 Å². The highest BCUT2D eigenvalue weighted by molar-refractivity contribution is 9.10. The standard InChI is InChI=1S/C14H21BrN2O2S/c1-2-11-20(18,19)17-9-7-16(8-10-17)12-13-5-3-4-6-14(13)15/h3-6H,2,7-12H2,1H3. The Labute approximate surface area is 129 Å². The van der Waals surface area contributed by atoms with E-state index in [-0.39, 0.29) is 5.75 Å². The van der Waals surface area contributed by atoms with Crippen molar-refractivity contribution in [2.24, 2.45) is 0 Å². The Morgan fingerprint density at radius 2 is 1.80 bits per heavy atom. The van der Waals surface area contributed by atoms with Gasteiger partial charge in [-0.15, -0.1) is 0 Å². The molecule has 0 amide bonds. The minimum Gasteiger partial charge on any atom is -0.296 e. The molecule has 1 aromatic rings. The van der Waals surface area contributed by atoms with E-state index in [9.17, 15) is 8.42 Å². The number of rotatable bonds is 5. The van der Waals surface area contributed by atoms with Gasteiger partial charge in [0, 0.05) is 37.2 Å². The average molecular weight is 361 g/mol. The van der Waals surface area contributed by atoms with Crippen molar-refractivity contribution < 1.29 is 8.42 Å². The molecule has 1 heterocycles. The summed E-state index contributed by atoms with van der Waals surface area (Å²) < 4.78 is 26.8. The van der Waals surface area contributed by atoms with Crippen LogP contribution in [0.3, 0.4) is 0 Å². The molecule has 112 valence electrons. The van der Waals surface area contributed by atoms with Gasteiger partial charge < -0.3 is 0 Å². The quantitative estimate of drug-likeness (QED) is 0.808. The molecule has 0 N–H and O–H groups in total. The Morgan fingerprint density at radius 3 is 2.40 bits per heavy atom. The van der Waals surface area contributed by atoms with Crippen molar-refractivity contribution in [1.29, 1.82) is 0 Å². The number of hydrogen-bond donors (Lipinski definition) is 0. The number of nitrogens with zero attached hydrogens (tertiary/aromatic N) is 2. The summed E-state index contributed by atoms with van der Waals surface area (Å²) in [5, 5.41) is 0. The summed E-state index contributed by atoms with van der Waals surface area (Å²) >= 11 is 3.55. The maximum absolute atomic E-state index is 12.0. The first-order chi connectivity index (χ1) is 9.53. The summed E-state index contributed by atoms with van der Waals surface area (Å²) in [4.78, 5) is 2.30. The molecule has 0 atom stereocenters. The minimum absolute atomic E-state index is 0.261. The fraction of sp³-hybridized carbons (Fsp3) is 0.571. The first-order valence-corrected chi connectivity index (χ1v) is 9.36. The van der Waals surface area contributed by atoms with Crippen molar-refractivity contribution in [2.45, 2.75) is 19.9 Å². The maximum Gasteiger partial charge on any atom is 0.214 e. The second kappa shape index (κ2) is 7.02.